The lowest BCUT2D eigenvalue weighted by molar-refractivity contribution is 0.0758. The molecule has 110 valence electrons. The summed E-state index contributed by atoms with van der Waals surface area (Å²) in [5, 5.41) is 18.6. The first kappa shape index (κ1) is 14.0. The zero-order chi connectivity index (χ0) is 15.0. The number of aryl methyl sites for hydroxylation is 1. The van der Waals surface area contributed by atoms with Crippen LogP contribution in [0.15, 0.2) is 24.3 Å². The molecule has 21 heavy (non-hydrogen) atoms. The zero-order valence-corrected chi connectivity index (χ0v) is 12.3. The van der Waals surface area contributed by atoms with Gasteiger partial charge in [0.2, 0.25) is 0 Å². The van der Waals surface area contributed by atoms with Gasteiger partial charge in [0.15, 0.2) is 5.69 Å². The van der Waals surface area contributed by atoms with Crippen LogP contribution in [0.25, 0.3) is 5.69 Å². The van der Waals surface area contributed by atoms with Crippen LogP contribution in [-0.4, -0.2) is 50.1 Å². The minimum atomic E-state index is -0.447. The molecule has 3 rings (SSSR count). The fourth-order valence-corrected chi connectivity index (χ4v) is 2.55. The number of rotatable bonds is 2. The summed E-state index contributed by atoms with van der Waals surface area (Å²) in [6.07, 6.45) is 0.157. The van der Waals surface area contributed by atoms with E-state index in [0.717, 1.165) is 0 Å². The van der Waals surface area contributed by atoms with Crippen molar-refractivity contribution in [2.45, 2.75) is 19.4 Å². The molecule has 1 saturated heterocycles. The van der Waals surface area contributed by atoms with E-state index < -0.39 is 6.10 Å². The second-order valence-corrected chi connectivity index (χ2v) is 5.53. The summed E-state index contributed by atoms with van der Waals surface area (Å²) in [7, 11) is 0. The number of carbonyl (C=O) groups excluding carboxylic acids is 1. The second-order valence-electron chi connectivity index (χ2n) is 5.10. The van der Waals surface area contributed by atoms with Crippen LogP contribution in [0.4, 0.5) is 0 Å². The summed E-state index contributed by atoms with van der Waals surface area (Å²) in [6.45, 7) is 2.64. The molecule has 1 N–H and O–H groups in total. The molecule has 1 aliphatic heterocycles. The predicted octanol–water partition coefficient (Wildman–Crippen LogP) is 1.44. The number of aromatic nitrogens is 3. The van der Waals surface area contributed by atoms with Gasteiger partial charge in [-0.15, -0.1) is 5.10 Å². The lowest BCUT2D eigenvalue weighted by Gasteiger charge is -2.13. The summed E-state index contributed by atoms with van der Waals surface area (Å²) >= 11 is 5.95. The molecular weight excluding hydrogens is 292 g/mol. The number of aliphatic hydroxyl groups is 1. The number of amides is 1. The number of nitrogens with zero attached hydrogens (tertiary/aromatic N) is 4. The van der Waals surface area contributed by atoms with Gasteiger partial charge in [0, 0.05) is 18.1 Å². The molecule has 1 aliphatic rings. The minimum Gasteiger partial charge on any atom is -0.391 e. The van der Waals surface area contributed by atoms with E-state index in [2.05, 4.69) is 10.2 Å². The van der Waals surface area contributed by atoms with Gasteiger partial charge < -0.3 is 10.0 Å². The van der Waals surface area contributed by atoms with E-state index in [9.17, 15) is 9.90 Å². The minimum absolute atomic E-state index is 0.197. The molecule has 0 unspecified atom stereocenters. The Labute approximate surface area is 126 Å². The maximum absolute atomic E-state index is 12.4. The van der Waals surface area contributed by atoms with E-state index in [1.165, 1.54) is 4.80 Å². The number of benzene rings is 1. The average molecular weight is 307 g/mol. The molecule has 1 aromatic carbocycles. The zero-order valence-electron chi connectivity index (χ0n) is 11.5. The molecule has 1 aromatic heterocycles. The Kier molecular flexibility index (Phi) is 3.65. The van der Waals surface area contributed by atoms with Gasteiger partial charge in [-0.3, -0.25) is 4.79 Å². The van der Waals surface area contributed by atoms with E-state index >= 15 is 0 Å². The molecular formula is C14H15ClN4O2. The molecule has 2 aromatic rings. The summed E-state index contributed by atoms with van der Waals surface area (Å²) in [5.74, 6) is -0.197. The van der Waals surface area contributed by atoms with E-state index in [1.54, 1.807) is 30.0 Å². The van der Waals surface area contributed by atoms with Gasteiger partial charge in [-0.25, -0.2) is 0 Å². The SMILES string of the molecule is Cc1nn(-c2cccc(Cl)c2)nc1C(=O)N1CC[C@@H](O)C1. The van der Waals surface area contributed by atoms with E-state index in [0.29, 0.717) is 41.6 Å². The maximum Gasteiger partial charge on any atom is 0.276 e. The van der Waals surface area contributed by atoms with Crippen LogP contribution >= 0.6 is 11.6 Å². The maximum atomic E-state index is 12.4. The third-order valence-corrected chi connectivity index (χ3v) is 3.71. The van der Waals surface area contributed by atoms with Crippen molar-refractivity contribution in [3.63, 3.8) is 0 Å². The number of carbonyl (C=O) groups is 1. The summed E-state index contributed by atoms with van der Waals surface area (Å²) in [4.78, 5) is 15.4. The van der Waals surface area contributed by atoms with Gasteiger partial charge in [0.1, 0.15) is 0 Å². The highest BCUT2D eigenvalue weighted by Gasteiger charge is 2.28. The lowest BCUT2D eigenvalue weighted by atomic mass is 10.3. The van der Waals surface area contributed by atoms with Gasteiger partial charge >= 0.3 is 0 Å². The molecule has 1 amide bonds. The van der Waals surface area contributed by atoms with Crippen LogP contribution in [-0.2, 0) is 0 Å². The second kappa shape index (κ2) is 5.46. The number of likely N-dealkylation sites (tertiary alicyclic amines) is 1. The van der Waals surface area contributed by atoms with Crippen molar-refractivity contribution in [2.75, 3.05) is 13.1 Å². The van der Waals surface area contributed by atoms with E-state index in [-0.39, 0.29) is 5.91 Å². The van der Waals surface area contributed by atoms with Gasteiger partial charge in [-0.1, -0.05) is 17.7 Å². The Balaban J connectivity index is 1.89. The number of halogens is 1. The van der Waals surface area contributed by atoms with E-state index in [4.69, 9.17) is 11.6 Å². The molecule has 0 bridgehead atoms. The Morgan fingerprint density at radius 1 is 1.43 bits per heavy atom. The highest BCUT2D eigenvalue weighted by Crippen LogP contribution is 2.17. The molecule has 7 heteroatoms. The number of hydrogen-bond donors (Lipinski definition) is 1. The molecule has 1 atom stereocenters. The fourth-order valence-electron chi connectivity index (χ4n) is 2.37. The molecule has 0 radical (unpaired) electrons. The largest absolute Gasteiger partial charge is 0.391 e. The molecule has 0 aliphatic carbocycles. The van der Waals surface area contributed by atoms with Gasteiger partial charge in [-0.2, -0.15) is 9.90 Å². The van der Waals surface area contributed by atoms with Gasteiger partial charge in [0.05, 0.1) is 17.5 Å². The lowest BCUT2D eigenvalue weighted by Crippen LogP contribution is -2.30. The van der Waals surface area contributed by atoms with Crippen molar-refractivity contribution in [3.05, 3.63) is 40.7 Å². The summed E-state index contributed by atoms with van der Waals surface area (Å²) in [6, 6.07) is 7.11. The highest BCUT2D eigenvalue weighted by molar-refractivity contribution is 6.30. The number of β-amino-alcohol motifs (C(OH)–C–C–N with tert-alkyl or cyclic N) is 1. The topological polar surface area (TPSA) is 71.2 Å². The Bertz CT molecular complexity index is 685. The van der Waals surface area contributed by atoms with Crippen molar-refractivity contribution in [3.8, 4) is 5.69 Å². The first-order valence-corrected chi connectivity index (χ1v) is 7.09. The predicted molar refractivity (Wildman–Crippen MR) is 77.6 cm³/mol. The van der Waals surface area contributed by atoms with Crippen molar-refractivity contribution < 1.29 is 9.90 Å². The van der Waals surface area contributed by atoms with Crippen LogP contribution in [0.2, 0.25) is 5.02 Å². The van der Waals surface area contributed by atoms with Crippen molar-refractivity contribution in [1.82, 2.24) is 19.9 Å². The molecule has 0 saturated carbocycles. The number of aliphatic hydroxyl groups excluding tert-OH is 1. The molecule has 6 nitrogen and oxygen atoms in total. The van der Waals surface area contributed by atoms with Crippen molar-refractivity contribution >= 4 is 17.5 Å². The summed E-state index contributed by atoms with van der Waals surface area (Å²) < 4.78 is 0. The van der Waals surface area contributed by atoms with Crippen LogP contribution in [0.3, 0.4) is 0 Å². The summed E-state index contributed by atoms with van der Waals surface area (Å²) in [5.41, 5.74) is 1.57. The fraction of sp³-hybridized carbons (Fsp3) is 0.357. The Morgan fingerprint density at radius 3 is 2.90 bits per heavy atom. The normalized spacial score (nSPS) is 18.2. The Hall–Kier alpha value is -1.92. The van der Waals surface area contributed by atoms with Crippen LogP contribution in [0.5, 0.6) is 0 Å². The number of hydrogen-bond acceptors (Lipinski definition) is 4. The van der Waals surface area contributed by atoms with Crippen LogP contribution in [0.1, 0.15) is 22.6 Å². The molecule has 0 spiro atoms. The standard InChI is InChI=1S/C14H15ClN4O2/c1-9-13(14(21)18-6-5-12(20)8-18)17-19(16-9)11-4-2-3-10(15)7-11/h2-4,7,12,20H,5-6,8H2,1H3/t12-/m1/s1. The van der Waals surface area contributed by atoms with Gasteiger partial charge in [-0.05, 0) is 31.5 Å². The Morgan fingerprint density at radius 2 is 2.24 bits per heavy atom. The first-order valence-electron chi connectivity index (χ1n) is 6.72. The monoisotopic (exact) mass is 306 g/mol. The smallest absolute Gasteiger partial charge is 0.276 e. The molecule has 2 heterocycles. The highest BCUT2D eigenvalue weighted by atomic mass is 35.5. The van der Waals surface area contributed by atoms with Gasteiger partial charge in [0.25, 0.3) is 5.91 Å². The third-order valence-electron chi connectivity index (χ3n) is 3.47. The van der Waals surface area contributed by atoms with E-state index in [1.807, 2.05) is 6.07 Å². The van der Waals surface area contributed by atoms with Crippen LogP contribution in [0, 0.1) is 6.92 Å². The van der Waals surface area contributed by atoms with Crippen molar-refractivity contribution in [2.24, 2.45) is 0 Å². The average Bonchev–Trinajstić information content (AvgIpc) is 3.04. The first-order chi connectivity index (χ1) is 10.0. The molecule has 1 fully saturated rings. The van der Waals surface area contributed by atoms with Crippen LogP contribution < -0.4 is 0 Å². The quantitative estimate of drug-likeness (QED) is 0.911. The van der Waals surface area contributed by atoms with Crippen molar-refractivity contribution in [1.29, 1.82) is 0 Å². The third kappa shape index (κ3) is 2.77.